The van der Waals surface area contributed by atoms with Gasteiger partial charge in [0, 0.05) is 50.4 Å². The molecule has 2 aliphatic rings. The van der Waals surface area contributed by atoms with Gasteiger partial charge in [-0.15, -0.1) is 0 Å². The van der Waals surface area contributed by atoms with Gasteiger partial charge in [-0.05, 0) is 31.9 Å². The van der Waals surface area contributed by atoms with Gasteiger partial charge in [0.05, 0.1) is 17.3 Å². The predicted molar refractivity (Wildman–Crippen MR) is 106 cm³/mol. The Morgan fingerprint density at radius 1 is 1.44 bits per heavy atom. The average Bonchev–Trinajstić information content (AvgIpc) is 3.21. The molecule has 1 spiro atoms. The van der Waals surface area contributed by atoms with Crippen molar-refractivity contribution < 1.29 is 4.79 Å². The number of amides is 1. The first-order valence-electron chi connectivity index (χ1n) is 9.50. The second-order valence-electron chi connectivity index (χ2n) is 7.49. The number of carbonyl (C=O) groups is 1. The summed E-state index contributed by atoms with van der Waals surface area (Å²) >= 11 is 6.05. The van der Waals surface area contributed by atoms with Crippen molar-refractivity contribution >= 4 is 29.1 Å². The van der Waals surface area contributed by atoms with E-state index in [0.29, 0.717) is 18.0 Å². The molecule has 0 aliphatic carbocycles. The van der Waals surface area contributed by atoms with E-state index >= 15 is 0 Å². The molecule has 2 saturated heterocycles. The maximum absolute atomic E-state index is 11.7. The summed E-state index contributed by atoms with van der Waals surface area (Å²) in [7, 11) is 0. The van der Waals surface area contributed by atoms with Crippen LogP contribution in [0, 0.1) is 5.41 Å². The van der Waals surface area contributed by atoms with Gasteiger partial charge in [0.25, 0.3) is 0 Å². The zero-order valence-corrected chi connectivity index (χ0v) is 16.3. The first-order chi connectivity index (χ1) is 13.1. The van der Waals surface area contributed by atoms with Gasteiger partial charge in [-0.25, -0.2) is 9.98 Å². The Morgan fingerprint density at radius 3 is 3.11 bits per heavy atom. The van der Waals surface area contributed by atoms with Crippen LogP contribution in [0.5, 0.6) is 0 Å². The van der Waals surface area contributed by atoms with Gasteiger partial charge in [-0.1, -0.05) is 11.6 Å². The maximum Gasteiger partial charge on any atom is 0.220 e. The number of carbonyl (C=O) groups excluding carboxylic acids is 1. The lowest BCUT2D eigenvalue weighted by atomic mass is 9.79. The van der Waals surface area contributed by atoms with Crippen LogP contribution in [0.1, 0.15) is 31.9 Å². The average molecular weight is 389 g/mol. The Balaban J connectivity index is 1.51. The molecule has 0 bridgehead atoms. The van der Waals surface area contributed by atoms with E-state index in [1.54, 1.807) is 0 Å². The van der Waals surface area contributed by atoms with E-state index in [1.807, 2.05) is 28.9 Å². The van der Waals surface area contributed by atoms with Crippen molar-refractivity contribution in [2.45, 2.75) is 32.7 Å². The summed E-state index contributed by atoms with van der Waals surface area (Å²) in [6, 6.07) is 3.74. The van der Waals surface area contributed by atoms with Crippen LogP contribution in [-0.2, 0) is 11.3 Å². The van der Waals surface area contributed by atoms with Gasteiger partial charge in [-0.3, -0.25) is 4.79 Å². The molecular weight excluding hydrogens is 364 g/mol. The third-order valence-corrected chi connectivity index (χ3v) is 5.57. The SMILES string of the molecule is CCNC(=NCc1cn2cc(Cl)ccc2n1)N1CCCC2(CNC(=O)C2)C1. The van der Waals surface area contributed by atoms with Crippen LogP contribution in [0.25, 0.3) is 5.65 Å². The van der Waals surface area contributed by atoms with E-state index in [4.69, 9.17) is 16.6 Å². The van der Waals surface area contributed by atoms with E-state index in [9.17, 15) is 4.79 Å². The number of imidazole rings is 1. The standard InChI is InChI=1S/C19H25ClN6O/c1-2-21-18(25-7-3-6-19(13-25)8-17(27)23-12-19)22-9-15-11-26-10-14(20)4-5-16(26)24-15/h4-5,10-11H,2-3,6-9,12-13H2,1H3,(H,21,22)(H,23,27). The molecule has 1 atom stereocenters. The molecule has 4 heterocycles. The van der Waals surface area contributed by atoms with Crippen molar-refractivity contribution in [2.75, 3.05) is 26.2 Å². The summed E-state index contributed by atoms with van der Waals surface area (Å²) in [5, 5.41) is 7.08. The minimum absolute atomic E-state index is 0.0470. The molecule has 2 aromatic heterocycles. The molecular formula is C19H25ClN6O. The Morgan fingerprint density at radius 2 is 2.33 bits per heavy atom. The summed E-state index contributed by atoms with van der Waals surface area (Å²) in [4.78, 5) is 23.5. The molecule has 144 valence electrons. The fourth-order valence-electron chi connectivity index (χ4n) is 4.10. The predicted octanol–water partition coefficient (Wildman–Crippen LogP) is 2.06. The number of nitrogens with one attached hydrogen (secondary N) is 2. The number of halogens is 1. The molecule has 7 nitrogen and oxygen atoms in total. The minimum atomic E-state index is 0.0470. The number of hydrogen-bond donors (Lipinski definition) is 2. The van der Waals surface area contributed by atoms with Crippen molar-refractivity contribution in [2.24, 2.45) is 10.4 Å². The van der Waals surface area contributed by atoms with Gasteiger partial charge >= 0.3 is 0 Å². The number of pyridine rings is 1. The number of aromatic nitrogens is 2. The number of hydrogen-bond acceptors (Lipinski definition) is 3. The molecule has 1 amide bonds. The van der Waals surface area contributed by atoms with Crippen LogP contribution in [0.4, 0.5) is 0 Å². The number of piperidine rings is 1. The molecule has 8 heteroatoms. The molecule has 0 saturated carbocycles. The molecule has 2 aliphatic heterocycles. The number of guanidine groups is 1. The molecule has 2 N–H and O–H groups in total. The van der Waals surface area contributed by atoms with Crippen LogP contribution in [0.3, 0.4) is 0 Å². The third-order valence-electron chi connectivity index (χ3n) is 5.35. The number of rotatable bonds is 3. The number of nitrogens with zero attached hydrogens (tertiary/aromatic N) is 4. The molecule has 0 aromatic carbocycles. The van der Waals surface area contributed by atoms with E-state index in [-0.39, 0.29) is 11.3 Å². The topological polar surface area (TPSA) is 74.0 Å². The fraction of sp³-hybridized carbons (Fsp3) is 0.526. The molecule has 2 fully saturated rings. The number of aliphatic imine (C=N–C) groups is 1. The van der Waals surface area contributed by atoms with E-state index < -0.39 is 0 Å². The van der Waals surface area contributed by atoms with Gasteiger partial charge in [0.15, 0.2) is 5.96 Å². The molecule has 4 rings (SSSR count). The normalized spacial score (nSPS) is 23.3. The molecule has 0 radical (unpaired) electrons. The highest BCUT2D eigenvalue weighted by molar-refractivity contribution is 6.30. The third kappa shape index (κ3) is 3.88. The van der Waals surface area contributed by atoms with Crippen LogP contribution in [0.15, 0.2) is 29.5 Å². The van der Waals surface area contributed by atoms with Crippen LogP contribution < -0.4 is 10.6 Å². The second-order valence-corrected chi connectivity index (χ2v) is 7.93. The summed E-state index contributed by atoms with van der Waals surface area (Å²) < 4.78 is 1.92. The summed E-state index contributed by atoms with van der Waals surface area (Å²) in [5.41, 5.74) is 1.81. The smallest absolute Gasteiger partial charge is 0.220 e. The molecule has 1 unspecified atom stereocenters. The van der Waals surface area contributed by atoms with Crippen molar-refractivity contribution in [1.82, 2.24) is 24.9 Å². The Bertz CT molecular complexity index is 878. The van der Waals surface area contributed by atoms with E-state index in [1.165, 1.54) is 0 Å². The fourth-order valence-corrected chi connectivity index (χ4v) is 4.27. The van der Waals surface area contributed by atoms with Crippen molar-refractivity contribution in [3.63, 3.8) is 0 Å². The minimum Gasteiger partial charge on any atom is -0.357 e. The Kier molecular flexibility index (Phi) is 4.95. The van der Waals surface area contributed by atoms with E-state index in [2.05, 4.69) is 27.4 Å². The zero-order valence-electron chi connectivity index (χ0n) is 15.5. The highest BCUT2D eigenvalue weighted by atomic mass is 35.5. The monoisotopic (exact) mass is 388 g/mol. The van der Waals surface area contributed by atoms with Gasteiger partial charge < -0.3 is 19.9 Å². The highest BCUT2D eigenvalue weighted by Gasteiger charge is 2.42. The van der Waals surface area contributed by atoms with E-state index in [0.717, 1.165) is 56.3 Å². The van der Waals surface area contributed by atoms with Crippen molar-refractivity contribution in [3.05, 3.63) is 35.2 Å². The maximum atomic E-state index is 11.7. The zero-order chi connectivity index (χ0) is 18.9. The first kappa shape index (κ1) is 18.1. The summed E-state index contributed by atoms with van der Waals surface area (Å²) in [6.07, 6.45) is 6.60. The van der Waals surface area contributed by atoms with Crippen LogP contribution in [0.2, 0.25) is 5.02 Å². The lowest BCUT2D eigenvalue weighted by Crippen LogP contribution is -2.51. The number of likely N-dealkylation sites (tertiary alicyclic amines) is 1. The number of fused-ring (bicyclic) bond motifs is 1. The van der Waals surface area contributed by atoms with Crippen molar-refractivity contribution in [3.8, 4) is 0 Å². The first-order valence-corrected chi connectivity index (χ1v) is 9.88. The second kappa shape index (κ2) is 7.38. The van der Waals surface area contributed by atoms with Crippen molar-refractivity contribution in [1.29, 1.82) is 0 Å². The molecule has 27 heavy (non-hydrogen) atoms. The quantitative estimate of drug-likeness (QED) is 0.623. The Labute approximate surface area is 163 Å². The summed E-state index contributed by atoms with van der Waals surface area (Å²) in [5.74, 6) is 1.06. The van der Waals surface area contributed by atoms with Crippen LogP contribution >= 0.6 is 11.6 Å². The largest absolute Gasteiger partial charge is 0.357 e. The Hall–Kier alpha value is -2.28. The highest BCUT2D eigenvalue weighted by Crippen LogP contribution is 2.36. The lowest BCUT2D eigenvalue weighted by Gasteiger charge is -2.40. The van der Waals surface area contributed by atoms with Gasteiger partial charge in [-0.2, -0.15) is 0 Å². The molecule has 2 aromatic rings. The van der Waals surface area contributed by atoms with Crippen LogP contribution in [-0.4, -0.2) is 52.3 Å². The van der Waals surface area contributed by atoms with Gasteiger partial charge in [0.1, 0.15) is 5.65 Å². The summed E-state index contributed by atoms with van der Waals surface area (Å²) in [6.45, 7) is 5.97. The lowest BCUT2D eigenvalue weighted by molar-refractivity contribution is -0.119. The van der Waals surface area contributed by atoms with Gasteiger partial charge in [0.2, 0.25) is 5.91 Å².